The predicted octanol–water partition coefficient (Wildman–Crippen LogP) is -0.748. The first kappa shape index (κ1) is 30.5. The van der Waals surface area contributed by atoms with E-state index >= 15 is 0 Å². The van der Waals surface area contributed by atoms with Gasteiger partial charge in [-0.25, -0.2) is 18.9 Å². The number of hydrogen-bond acceptors (Lipinski definition) is 13. The van der Waals surface area contributed by atoms with Gasteiger partial charge in [-0.1, -0.05) is 17.1 Å². The first-order valence-electron chi connectivity index (χ1n) is 12.4. The van der Waals surface area contributed by atoms with Crippen molar-refractivity contribution >= 4 is 53.8 Å². The summed E-state index contributed by atoms with van der Waals surface area (Å²) in [6.07, 6.45) is -4.54. The molecule has 4 heterocycles. The molecular formula is C24H25N6O11PS. The van der Waals surface area contributed by atoms with Crippen LogP contribution in [0.1, 0.15) is 31.8 Å². The molecule has 0 radical (unpaired) electrons. The highest BCUT2D eigenvalue weighted by Gasteiger charge is 2.47. The number of phosphoric acid groups is 1. The zero-order valence-electron chi connectivity index (χ0n) is 22.1. The highest BCUT2D eigenvalue weighted by molar-refractivity contribution is 7.46. The fourth-order valence-electron chi connectivity index (χ4n) is 4.57. The fraction of sp³-hybridized carbons (Fsp3) is 0.292. The maximum atomic E-state index is 13.0. The molecule has 5 rings (SSSR count). The number of methoxy groups -OCH3 is 1. The topological polar surface area (TPSA) is 256 Å². The number of imidazole rings is 1. The van der Waals surface area contributed by atoms with Crippen molar-refractivity contribution in [3.8, 4) is 5.88 Å². The molecule has 1 amide bonds. The van der Waals surface area contributed by atoms with Crippen molar-refractivity contribution in [2.24, 2.45) is 0 Å². The molecule has 19 heteroatoms. The Morgan fingerprint density at radius 3 is 2.74 bits per heavy atom. The number of aliphatic hydroxyl groups excluding tert-OH is 2. The summed E-state index contributed by atoms with van der Waals surface area (Å²) < 4.78 is 28.6. The average molecular weight is 637 g/mol. The molecule has 3 aromatic heterocycles. The number of benzene rings is 1. The Hall–Kier alpha value is -4.00. The lowest BCUT2D eigenvalue weighted by atomic mass is 10.1. The maximum absolute atomic E-state index is 13.0. The number of fused-ring (bicyclic) bond motifs is 1. The lowest BCUT2D eigenvalue weighted by molar-refractivity contribution is -0.745. The van der Waals surface area contributed by atoms with Crippen molar-refractivity contribution in [2.75, 3.05) is 24.8 Å². The number of esters is 1. The van der Waals surface area contributed by atoms with Crippen molar-refractivity contribution in [2.45, 2.75) is 31.1 Å². The zero-order valence-corrected chi connectivity index (χ0v) is 23.8. The van der Waals surface area contributed by atoms with Crippen LogP contribution in [0.2, 0.25) is 0 Å². The summed E-state index contributed by atoms with van der Waals surface area (Å²) >= 11 is 1.11. The molecular weight excluding hydrogens is 611 g/mol. The summed E-state index contributed by atoms with van der Waals surface area (Å²) in [7, 11) is -3.65. The second kappa shape index (κ2) is 11.9. The van der Waals surface area contributed by atoms with Crippen molar-refractivity contribution in [3.63, 3.8) is 0 Å². The molecule has 0 bridgehead atoms. The maximum Gasteiger partial charge on any atom is 0.469 e. The van der Waals surface area contributed by atoms with E-state index in [1.807, 2.05) is 0 Å². The quantitative estimate of drug-likeness (QED) is 0.0751. The number of hydrogen-bond donors (Lipinski definition) is 6. The van der Waals surface area contributed by atoms with E-state index in [1.165, 1.54) is 22.6 Å². The molecule has 17 nitrogen and oxygen atoms in total. The Morgan fingerprint density at radius 2 is 2.02 bits per heavy atom. The Bertz CT molecular complexity index is 1740. The summed E-state index contributed by atoms with van der Waals surface area (Å²) in [4.78, 5) is 51.0. The molecule has 4 atom stereocenters. The summed E-state index contributed by atoms with van der Waals surface area (Å²) in [5.74, 6) is -2.21. The van der Waals surface area contributed by atoms with Gasteiger partial charge >= 0.3 is 19.4 Å². The van der Waals surface area contributed by atoms with Crippen LogP contribution < -0.4 is 20.7 Å². The normalized spacial score (nSPS) is 20.4. The van der Waals surface area contributed by atoms with Crippen molar-refractivity contribution in [3.05, 3.63) is 58.0 Å². The van der Waals surface area contributed by atoms with E-state index in [0.29, 0.717) is 5.56 Å². The summed E-state index contributed by atoms with van der Waals surface area (Å²) in [6.45, 7) is -0.724. The lowest BCUT2D eigenvalue weighted by Crippen LogP contribution is -2.46. The number of nitrogens with zero attached hydrogens (tertiary/aromatic N) is 4. The first-order valence-corrected chi connectivity index (χ1v) is 14.8. The number of carbonyl (C=O) groups excluding carboxylic acids is 2. The second-order valence-corrected chi connectivity index (χ2v) is 11.5. The van der Waals surface area contributed by atoms with Crippen LogP contribution in [0.4, 0.5) is 11.6 Å². The van der Waals surface area contributed by atoms with Gasteiger partial charge in [0.15, 0.2) is 11.8 Å². The molecule has 43 heavy (non-hydrogen) atoms. The summed E-state index contributed by atoms with van der Waals surface area (Å²) in [5.41, 5.74) is 6.72. The van der Waals surface area contributed by atoms with Crippen molar-refractivity contribution in [1.82, 2.24) is 14.5 Å². The standard InChI is InChI=1S/C24H25N6O11PS/c1-39-23(35)18-13(5-6-43-18)26-20(33)12-4-2-3-11(7-12)8-29-10-30(19-15(29)21(34)28-24(25)27-19)22-17(32)16(31)14(41-22)9-40-42(36,37)38/h2-7,10,14,16-17,22,31-32H,8-9H2,1H3,(H5-,25,26,27,28,33,34,35,36,37,38)/t14-,16-,17-,22-/m0/s1. The van der Waals surface area contributed by atoms with E-state index in [4.69, 9.17) is 25.0 Å². The van der Waals surface area contributed by atoms with Crippen LogP contribution in [0.25, 0.3) is 11.2 Å². The van der Waals surface area contributed by atoms with Crippen LogP contribution in [0.3, 0.4) is 0 Å². The highest BCUT2D eigenvalue weighted by Crippen LogP contribution is 2.38. The Kier molecular flexibility index (Phi) is 8.46. The van der Waals surface area contributed by atoms with Crippen LogP contribution in [0, 0.1) is 0 Å². The molecule has 0 aliphatic carbocycles. The molecule has 0 saturated carbocycles. The number of nitrogens with one attached hydrogen (secondary N) is 1. The Morgan fingerprint density at radius 1 is 1.26 bits per heavy atom. The van der Waals surface area contributed by atoms with Gasteiger partial charge in [-0.05, 0) is 29.1 Å². The van der Waals surface area contributed by atoms with Gasteiger partial charge in [0.1, 0.15) is 23.2 Å². The van der Waals surface area contributed by atoms with E-state index < -0.39 is 56.7 Å². The number of rotatable bonds is 9. The zero-order chi connectivity index (χ0) is 31.1. The molecule has 0 unspecified atom stereocenters. The molecule has 1 fully saturated rings. The Balaban J connectivity index is 1.44. The van der Waals surface area contributed by atoms with Crippen molar-refractivity contribution in [1.29, 1.82) is 0 Å². The number of aromatic nitrogens is 4. The summed E-state index contributed by atoms with van der Waals surface area (Å²) in [6, 6.07) is 8.02. The molecule has 0 spiro atoms. The van der Waals surface area contributed by atoms with Gasteiger partial charge in [0.25, 0.3) is 11.9 Å². The van der Waals surface area contributed by atoms with Gasteiger partial charge in [-0.3, -0.25) is 13.9 Å². The number of nitrogen functional groups attached to an aromatic ring is 1. The minimum Gasteiger partial charge on any atom is -0.856 e. The van der Waals surface area contributed by atoms with Crippen LogP contribution in [0.5, 0.6) is 5.88 Å². The fourth-order valence-corrected chi connectivity index (χ4v) is 5.67. The van der Waals surface area contributed by atoms with E-state index in [1.54, 1.807) is 35.7 Å². The van der Waals surface area contributed by atoms with Crippen LogP contribution >= 0.6 is 19.2 Å². The van der Waals surface area contributed by atoms with Gasteiger partial charge in [-0.2, -0.15) is 0 Å². The number of aliphatic hydroxyl groups is 2. The number of phosphoric ester groups is 1. The van der Waals surface area contributed by atoms with Crippen molar-refractivity contribution < 1.29 is 57.8 Å². The van der Waals surface area contributed by atoms with E-state index in [-0.39, 0.29) is 39.8 Å². The minimum atomic E-state index is -4.89. The monoisotopic (exact) mass is 636 g/mol. The number of amides is 1. The van der Waals surface area contributed by atoms with E-state index in [0.717, 1.165) is 11.3 Å². The largest absolute Gasteiger partial charge is 0.856 e. The van der Waals surface area contributed by atoms with E-state index in [9.17, 15) is 29.5 Å². The average Bonchev–Trinajstić information content (AvgIpc) is 3.63. The molecule has 1 aromatic carbocycles. The third-order valence-electron chi connectivity index (χ3n) is 6.49. The Labute approximate surface area is 246 Å². The van der Waals surface area contributed by atoms with Crippen LogP contribution in [-0.4, -0.2) is 78.4 Å². The third kappa shape index (κ3) is 6.36. The van der Waals surface area contributed by atoms with Gasteiger partial charge in [-0.15, -0.1) is 11.3 Å². The molecule has 7 N–H and O–H groups in total. The van der Waals surface area contributed by atoms with Crippen LogP contribution in [-0.2, 0) is 25.1 Å². The number of carbonyl (C=O) groups is 2. The second-order valence-electron chi connectivity index (χ2n) is 9.35. The molecule has 4 aromatic rings. The number of thiophene rings is 1. The molecule has 228 valence electrons. The molecule has 1 saturated heterocycles. The SMILES string of the molecule is COC(=O)c1sccc1NC(=O)c1cccc(Cn2c[n+]([C@H]3O[C@@H](COP(=O)(O)O)[C@H](O)[C@@H]3O)c3nc(N)nc([O-])c32)c1. The number of ether oxygens (including phenoxy) is 2. The third-order valence-corrected chi connectivity index (χ3v) is 7.87. The van der Waals surface area contributed by atoms with Gasteiger partial charge < -0.3 is 45.6 Å². The number of anilines is 2. The lowest BCUT2D eigenvalue weighted by Gasteiger charge is -2.14. The van der Waals surface area contributed by atoms with Gasteiger partial charge in [0, 0.05) is 11.4 Å². The predicted molar refractivity (Wildman–Crippen MR) is 145 cm³/mol. The minimum absolute atomic E-state index is 0.00904. The summed E-state index contributed by atoms with van der Waals surface area (Å²) in [5, 5.41) is 38.4. The first-order chi connectivity index (χ1) is 20.4. The highest BCUT2D eigenvalue weighted by atomic mass is 32.1. The van der Waals surface area contributed by atoms with Gasteiger partial charge in [0.2, 0.25) is 6.23 Å². The molecule has 1 aliphatic rings. The van der Waals surface area contributed by atoms with Gasteiger partial charge in [0.05, 0.1) is 25.9 Å². The smallest absolute Gasteiger partial charge is 0.469 e. The van der Waals surface area contributed by atoms with Crippen LogP contribution in [0.15, 0.2) is 42.0 Å². The molecule has 1 aliphatic heterocycles. The van der Waals surface area contributed by atoms with E-state index in [2.05, 4.69) is 19.8 Å². The number of nitrogens with two attached hydrogens (primary N) is 1.